The van der Waals surface area contributed by atoms with Gasteiger partial charge in [0.2, 0.25) is 0 Å². The van der Waals surface area contributed by atoms with Gasteiger partial charge in [-0.1, -0.05) is 6.92 Å². The van der Waals surface area contributed by atoms with Gasteiger partial charge in [0.25, 0.3) is 5.91 Å². The molecule has 0 bridgehead atoms. The maximum absolute atomic E-state index is 11.2. The Morgan fingerprint density at radius 3 is 2.94 bits per heavy atom. The Hall–Kier alpha value is -1.62. The van der Waals surface area contributed by atoms with E-state index in [1.165, 1.54) is 0 Å². The van der Waals surface area contributed by atoms with Crippen LogP contribution < -0.4 is 10.6 Å². The molecule has 16 heavy (non-hydrogen) atoms. The van der Waals surface area contributed by atoms with Crippen molar-refractivity contribution in [3.63, 3.8) is 0 Å². The van der Waals surface area contributed by atoms with Gasteiger partial charge in [-0.05, 0) is 18.6 Å². The highest BCUT2D eigenvalue weighted by atomic mass is 16.3. The van der Waals surface area contributed by atoms with E-state index >= 15 is 0 Å². The fourth-order valence-electron chi connectivity index (χ4n) is 1.88. The van der Waals surface area contributed by atoms with Crippen LogP contribution in [0.5, 0.6) is 0 Å². The van der Waals surface area contributed by atoms with Gasteiger partial charge in [0.1, 0.15) is 5.82 Å². The minimum absolute atomic E-state index is 0.403. The summed E-state index contributed by atoms with van der Waals surface area (Å²) in [6, 6.07) is 3.32. The summed E-state index contributed by atoms with van der Waals surface area (Å²) in [6.45, 7) is 2.94. The van der Waals surface area contributed by atoms with Gasteiger partial charge in [-0.15, -0.1) is 0 Å². The van der Waals surface area contributed by atoms with Crippen molar-refractivity contribution in [3.05, 3.63) is 23.9 Å². The molecule has 1 saturated heterocycles. The predicted molar refractivity (Wildman–Crippen MR) is 60.2 cm³/mol. The number of β-amino-alcohol motifs (C(OH)–C–C–N with tert-alkyl or cyclic N) is 1. The van der Waals surface area contributed by atoms with E-state index in [1.54, 1.807) is 18.3 Å². The third-order valence-electron chi connectivity index (χ3n) is 2.98. The molecule has 2 heterocycles. The number of primary amides is 1. The third kappa shape index (κ3) is 1.74. The van der Waals surface area contributed by atoms with Crippen LogP contribution in [0, 0.1) is 0 Å². The lowest BCUT2D eigenvalue weighted by Crippen LogP contribution is -2.62. The van der Waals surface area contributed by atoms with E-state index in [0.29, 0.717) is 30.9 Å². The molecule has 86 valence electrons. The molecule has 1 aliphatic heterocycles. The first-order valence-electron chi connectivity index (χ1n) is 5.28. The number of hydrogen-bond donors (Lipinski definition) is 2. The SMILES string of the molecule is CCC1(O)CN(c2ncccc2C(N)=O)C1. The second kappa shape index (κ2) is 3.75. The summed E-state index contributed by atoms with van der Waals surface area (Å²) < 4.78 is 0. The van der Waals surface area contributed by atoms with Crippen molar-refractivity contribution in [2.45, 2.75) is 18.9 Å². The van der Waals surface area contributed by atoms with Gasteiger partial charge in [0, 0.05) is 19.3 Å². The highest BCUT2D eigenvalue weighted by Crippen LogP contribution is 2.30. The molecule has 0 radical (unpaired) electrons. The molecule has 0 atom stereocenters. The van der Waals surface area contributed by atoms with Crippen LogP contribution in [0.25, 0.3) is 0 Å². The quantitative estimate of drug-likeness (QED) is 0.761. The zero-order valence-electron chi connectivity index (χ0n) is 9.18. The Morgan fingerprint density at radius 2 is 2.38 bits per heavy atom. The van der Waals surface area contributed by atoms with Crippen LogP contribution in [-0.4, -0.2) is 34.7 Å². The van der Waals surface area contributed by atoms with Crippen molar-refractivity contribution in [3.8, 4) is 0 Å². The Bertz CT molecular complexity index is 413. The minimum Gasteiger partial charge on any atom is -0.386 e. The normalized spacial score (nSPS) is 18.0. The van der Waals surface area contributed by atoms with Gasteiger partial charge in [-0.2, -0.15) is 0 Å². The Kier molecular flexibility index (Phi) is 2.55. The summed E-state index contributed by atoms with van der Waals surface area (Å²) >= 11 is 0. The first kappa shape index (κ1) is 10.9. The fraction of sp³-hybridized carbons (Fsp3) is 0.455. The molecular weight excluding hydrogens is 206 g/mol. The van der Waals surface area contributed by atoms with E-state index in [-0.39, 0.29) is 0 Å². The largest absolute Gasteiger partial charge is 0.386 e. The number of rotatable bonds is 3. The first-order valence-corrected chi connectivity index (χ1v) is 5.28. The van der Waals surface area contributed by atoms with Crippen LogP contribution in [0.4, 0.5) is 5.82 Å². The monoisotopic (exact) mass is 221 g/mol. The molecule has 1 aromatic rings. The molecule has 5 heteroatoms. The highest BCUT2D eigenvalue weighted by molar-refractivity contribution is 5.97. The molecule has 0 aliphatic carbocycles. The van der Waals surface area contributed by atoms with Crippen molar-refractivity contribution in [2.24, 2.45) is 5.73 Å². The van der Waals surface area contributed by atoms with Crippen molar-refractivity contribution in [1.82, 2.24) is 4.98 Å². The van der Waals surface area contributed by atoms with Crippen molar-refractivity contribution < 1.29 is 9.90 Å². The zero-order valence-corrected chi connectivity index (χ0v) is 9.18. The Morgan fingerprint density at radius 1 is 1.69 bits per heavy atom. The summed E-state index contributed by atoms with van der Waals surface area (Å²) in [5.41, 5.74) is 5.02. The number of nitrogens with two attached hydrogens (primary N) is 1. The maximum atomic E-state index is 11.2. The van der Waals surface area contributed by atoms with Crippen molar-refractivity contribution in [1.29, 1.82) is 0 Å². The molecule has 3 N–H and O–H groups in total. The van der Waals surface area contributed by atoms with E-state index in [4.69, 9.17) is 5.73 Å². The second-order valence-corrected chi connectivity index (χ2v) is 4.17. The average molecular weight is 221 g/mol. The third-order valence-corrected chi connectivity index (χ3v) is 2.98. The van der Waals surface area contributed by atoms with Gasteiger partial charge >= 0.3 is 0 Å². The lowest BCUT2D eigenvalue weighted by molar-refractivity contribution is 0.00795. The molecule has 1 amide bonds. The number of aliphatic hydroxyl groups is 1. The van der Waals surface area contributed by atoms with Gasteiger partial charge in [0.15, 0.2) is 0 Å². The van der Waals surface area contributed by atoms with Crippen LogP contribution in [-0.2, 0) is 0 Å². The van der Waals surface area contributed by atoms with E-state index < -0.39 is 11.5 Å². The number of anilines is 1. The average Bonchev–Trinajstić information content (AvgIpc) is 2.24. The number of hydrogen-bond acceptors (Lipinski definition) is 4. The standard InChI is InChI=1S/C11H15N3O2/c1-2-11(16)6-14(7-11)10-8(9(12)15)4-3-5-13-10/h3-5,16H,2,6-7H2,1H3,(H2,12,15). The first-order chi connectivity index (χ1) is 7.56. The van der Waals surface area contributed by atoms with Crippen molar-refractivity contribution in [2.75, 3.05) is 18.0 Å². The molecule has 2 rings (SSSR count). The lowest BCUT2D eigenvalue weighted by atomic mass is 9.91. The summed E-state index contributed by atoms with van der Waals surface area (Å²) in [4.78, 5) is 17.2. The van der Waals surface area contributed by atoms with Crippen LogP contribution in [0.1, 0.15) is 23.7 Å². The molecular formula is C11H15N3O2. The Balaban J connectivity index is 2.21. The second-order valence-electron chi connectivity index (χ2n) is 4.17. The van der Waals surface area contributed by atoms with Gasteiger partial charge in [-0.3, -0.25) is 4.79 Å². The predicted octanol–water partition coefficient (Wildman–Crippen LogP) is 0.142. The van der Waals surface area contributed by atoms with E-state index in [9.17, 15) is 9.90 Å². The smallest absolute Gasteiger partial charge is 0.252 e. The summed E-state index contributed by atoms with van der Waals surface area (Å²) in [7, 11) is 0. The van der Waals surface area contributed by atoms with Crippen LogP contribution in [0.3, 0.4) is 0 Å². The molecule has 5 nitrogen and oxygen atoms in total. The Labute approximate surface area is 93.9 Å². The van der Waals surface area contributed by atoms with E-state index in [2.05, 4.69) is 4.98 Å². The number of carbonyl (C=O) groups excluding carboxylic acids is 1. The van der Waals surface area contributed by atoms with E-state index in [1.807, 2.05) is 11.8 Å². The summed E-state index contributed by atoms with van der Waals surface area (Å²) in [5.74, 6) is 0.0724. The summed E-state index contributed by atoms with van der Waals surface area (Å²) in [6.07, 6.45) is 2.31. The maximum Gasteiger partial charge on any atom is 0.252 e. The molecule has 1 fully saturated rings. The molecule has 0 unspecified atom stereocenters. The number of pyridine rings is 1. The number of amides is 1. The van der Waals surface area contributed by atoms with Crippen LogP contribution in [0.2, 0.25) is 0 Å². The minimum atomic E-state index is -0.646. The van der Waals surface area contributed by atoms with E-state index in [0.717, 1.165) is 0 Å². The number of carbonyl (C=O) groups is 1. The summed E-state index contributed by atoms with van der Waals surface area (Å²) in [5, 5.41) is 9.89. The molecule has 1 aromatic heterocycles. The number of nitrogens with zero attached hydrogens (tertiary/aromatic N) is 2. The lowest BCUT2D eigenvalue weighted by Gasteiger charge is -2.47. The highest BCUT2D eigenvalue weighted by Gasteiger charge is 2.41. The number of aromatic nitrogens is 1. The fourth-order valence-corrected chi connectivity index (χ4v) is 1.88. The van der Waals surface area contributed by atoms with Crippen molar-refractivity contribution >= 4 is 11.7 Å². The zero-order chi connectivity index (χ0) is 11.8. The molecule has 0 spiro atoms. The molecule has 0 aromatic carbocycles. The molecule has 1 aliphatic rings. The molecule has 0 saturated carbocycles. The van der Waals surface area contributed by atoms with Gasteiger partial charge < -0.3 is 15.7 Å². The van der Waals surface area contributed by atoms with Gasteiger partial charge in [0.05, 0.1) is 11.2 Å². The van der Waals surface area contributed by atoms with Crippen LogP contribution >= 0.6 is 0 Å². The van der Waals surface area contributed by atoms with Gasteiger partial charge in [-0.25, -0.2) is 4.98 Å². The van der Waals surface area contributed by atoms with Crippen LogP contribution in [0.15, 0.2) is 18.3 Å². The topological polar surface area (TPSA) is 79.4 Å².